The van der Waals surface area contributed by atoms with E-state index in [1.807, 2.05) is 0 Å². The van der Waals surface area contributed by atoms with Crippen LogP contribution in [-0.2, 0) is 0 Å². The zero-order chi connectivity index (χ0) is 11.7. The Labute approximate surface area is 116 Å². The van der Waals surface area contributed by atoms with Crippen LogP contribution in [0.3, 0.4) is 0 Å². The van der Waals surface area contributed by atoms with Crippen molar-refractivity contribution in [3.8, 4) is 0 Å². The summed E-state index contributed by atoms with van der Waals surface area (Å²) in [4.78, 5) is 0. The van der Waals surface area contributed by atoms with Gasteiger partial charge in [-0.25, -0.2) is 0 Å². The van der Waals surface area contributed by atoms with Gasteiger partial charge >= 0.3 is 0 Å². The highest BCUT2D eigenvalue weighted by atomic mass is 79.9. The van der Waals surface area contributed by atoms with Gasteiger partial charge in [-0.05, 0) is 25.7 Å². The summed E-state index contributed by atoms with van der Waals surface area (Å²) >= 11 is 3.95. The Morgan fingerprint density at radius 3 is 1.47 bits per heavy atom. The zero-order valence-electron chi connectivity index (χ0n) is 10.8. The Kier molecular flexibility index (Phi) is 4.25. The Hall–Kier alpha value is 0.617. The summed E-state index contributed by atoms with van der Waals surface area (Å²) in [6.07, 6.45) is 14.7. The highest BCUT2D eigenvalue weighted by molar-refractivity contribution is 9.09. The number of hydrogen-bond acceptors (Lipinski definition) is 2. The summed E-state index contributed by atoms with van der Waals surface area (Å²) in [5.41, 5.74) is 0. The maximum atomic E-state index is 3.95. The van der Waals surface area contributed by atoms with E-state index in [2.05, 4.69) is 25.1 Å². The van der Waals surface area contributed by atoms with Gasteiger partial charge < -0.3 is 0 Å². The molecule has 0 N–H and O–H groups in total. The van der Waals surface area contributed by atoms with Crippen molar-refractivity contribution in [1.29, 1.82) is 0 Å². The van der Waals surface area contributed by atoms with Crippen molar-refractivity contribution >= 4 is 25.8 Å². The molecule has 3 fully saturated rings. The van der Waals surface area contributed by atoms with Crippen LogP contribution in [0.15, 0.2) is 0 Å². The summed E-state index contributed by atoms with van der Waals surface area (Å²) in [7, 11) is -0.0845. The van der Waals surface area contributed by atoms with Gasteiger partial charge in [-0.1, -0.05) is 54.5 Å². The van der Waals surface area contributed by atoms with Crippen molar-refractivity contribution in [3.05, 3.63) is 0 Å². The number of nitrogens with zero attached hydrogens (tertiary/aromatic N) is 2. The van der Waals surface area contributed by atoms with Crippen molar-refractivity contribution < 1.29 is 0 Å². The molecule has 1 aliphatic heterocycles. The third kappa shape index (κ3) is 2.65. The highest BCUT2D eigenvalue weighted by Crippen LogP contribution is 2.36. The standard InChI is InChI=1S/C13H25BrN2Si/c14-13-15(11-7-3-1-4-8-11)17-16(13)12-9-5-2-6-10-12/h11-13H,1-10,17H2. The van der Waals surface area contributed by atoms with Crippen molar-refractivity contribution in [2.45, 2.75) is 81.4 Å². The Morgan fingerprint density at radius 2 is 1.12 bits per heavy atom. The van der Waals surface area contributed by atoms with Gasteiger partial charge in [0.2, 0.25) is 0 Å². The van der Waals surface area contributed by atoms with E-state index in [4.69, 9.17) is 0 Å². The van der Waals surface area contributed by atoms with Gasteiger partial charge in [-0.15, -0.1) is 0 Å². The zero-order valence-corrected chi connectivity index (χ0v) is 13.8. The van der Waals surface area contributed by atoms with Crippen LogP contribution in [0.5, 0.6) is 0 Å². The van der Waals surface area contributed by atoms with Crippen LogP contribution in [0.25, 0.3) is 0 Å². The average molecular weight is 317 g/mol. The van der Waals surface area contributed by atoms with Crippen molar-refractivity contribution in [2.75, 3.05) is 0 Å². The molecule has 98 valence electrons. The molecule has 4 heteroatoms. The Bertz CT molecular complexity index is 228. The minimum absolute atomic E-state index is 0.0845. The molecule has 1 heterocycles. The first-order valence-electron chi connectivity index (χ1n) is 7.52. The fourth-order valence-corrected chi connectivity index (χ4v) is 7.22. The monoisotopic (exact) mass is 316 g/mol. The van der Waals surface area contributed by atoms with Gasteiger partial charge in [-0.3, -0.25) is 9.13 Å². The van der Waals surface area contributed by atoms with E-state index in [-0.39, 0.29) is 9.84 Å². The fourth-order valence-electron chi connectivity index (χ4n) is 3.82. The average Bonchev–Trinajstić information content (AvgIpc) is 2.40. The topological polar surface area (TPSA) is 6.48 Å². The van der Waals surface area contributed by atoms with Gasteiger partial charge in [0.15, 0.2) is 9.84 Å². The molecule has 0 aromatic carbocycles. The van der Waals surface area contributed by atoms with Gasteiger partial charge in [0.05, 0.1) is 0 Å². The smallest absolute Gasteiger partial charge is 0.177 e. The molecule has 2 nitrogen and oxygen atoms in total. The summed E-state index contributed by atoms with van der Waals surface area (Å²) in [6.45, 7) is 0. The number of hydrogen-bond donors (Lipinski definition) is 0. The minimum atomic E-state index is -0.0845. The van der Waals surface area contributed by atoms with Gasteiger partial charge in [0.25, 0.3) is 0 Å². The second-order valence-corrected chi connectivity index (χ2v) is 8.63. The number of rotatable bonds is 2. The van der Waals surface area contributed by atoms with E-state index in [0.717, 1.165) is 12.1 Å². The fraction of sp³-hybridized carbons (Fsp3) is 1.00. The van der Waals surface area contributed by atoms with Crippen molar-refractivity contribution in [3.63, 3.8) is 0 Å². The quantitative estimate of drug-likeness (QED) is 0.439. The van der Waals surface area contributed by atoms with E-state index in [1.54, 1.807) is 0 Å². The second kappa shape index (κ2) is 5.72. The maximum absolute atomic E-state index is 3.95. The first-order valence-corrected chi connectivity index (χ1v) is 9.70. The Morgan fingerprint density at radius 1 is 0.706 bits per heavy atom. The predicted octanol–water partition coefficient (Wildman–Crippen LogP) is 2.95. The molecule has 3 aliphatic rings. The third-order valence-electron chi connectivity index (χ3n) is 4.96. The lowest BCUT2D eigenvalue weighted by Gasteiger charge is -2.56. The molecule has 0 atom stereocenters. The first kappa shape index (κ1) is 12.6. The first-order chi connectivity index (χ1) is 8.36. The molecular weight excluding hydrogens is 292 g/mol. The van der Waals surface area contributed by atoms with Crippen LogP contribution >= 0.6 is 15.9 Å². The van der Waals surface area contributed by atoms with Crippen molar-refractivity contribution in [1.82, 2.24) is 9.13 Å². The summed E-state index contributed by atoms with van der Waals surface area (Å²) < 4.78 is 5.65. The van der Waals surface area contributed by atoms with Crippen molar-refractivity contribution in [2.24, 2.45) is 0 Å². The molecule has 17 heavy (non-hydrogen) atoms. The normalized spacial score (nSPS) is 36.2. The van der Waals surface area contributed by atoms with Gasteiger partial charge in [0.1, 0.15) is 5.08 Å². The molecule has 0 spiro atoms. The Balaban J connectivity index is 1.51. The van der Waals surface area contributed by atoms with E-state index in [9.17, 15) is 0 Å². The molecule has 2 saturated carbocycles. The van der Waals surface area contributed by atoms with Crippen LogP contribution in [0.4, 0.5) is 0 Å². The SMILES string of the molecule is BrC1N(C2CCCCC2)[SiH2]N1C1CCCCC1. The molecule has 0 radical (unpaired) electrons. The van der Waals surface area contributed by atoms with Crippen LogP contribution in [0.2, 0.25) is 0 Å². The minimum Gasteiger partial charge on any atom is -0.290 e. The molecule has 2 aliphatic carbocycles. The summed E-state index contributed by atoms with van der Waals surface area (Å²) in [5.74, 6) is 0. The molecule has 0 amide bonds. The lowest BCUT2D eigenvalue weighted by molar-refractivity contribution is 0.0668. The second-order valence-electron chi connectivity index (χ2n) is 6.06. The number of alkyl halides is 1. The van der Waals surface area contributed by atoms with E-state index < -0.39 is 0 Å². The van der Waals surface area contributed by atoms with E-state index in [0.29, 0.717) is 5.08 Å². The van der Waals surface area contributed by atoms with Crippen LogP contribution in [0, 0.1) is 0 Å². The van der Waals surface area contributed by atoms with Gasteiger partial charge in [-0.2, -0.15) is 0 Å². The third-order valence-corrected chi connectivity index (χ3v) is 9.46. The van der Waals surface area contributed by atoms with Crippen LogP contribution in [-0.4, -0.2) is 36.1 Å². The summed E-state index contributed by atoms with van der Waals surface area (Å²) in [6, 6.07) is 1.86. The molecule has 1 saturated heterocycles. The lowest BCUT2D eigenvalue weighted by Crippen LogP contribution is -2.69. The van der Waals surface area contributed by atoms with E-state index in [1.165, 1.54) is 64.2 Å². The van der Waals surface area contributed by atoms with Gasteiger partial charge in [0, 0.05) is 12.1 Å². The number of halogens is 1. The maximum Gasteiger partial charge on any atom is 0.177 e. The molecule has 0 bridgehead atoms. The summed E-state index contributed by atoms with van der Waals surface area (Å²) in [5, 5.41) is 0.611. The molecule has 0 unspecified atom stereocenters. The molecule has 3 rings (SSSR count). The molecule has 0 aromatic heterocycles. The lowest BCUT2D eigenvalue weighted by atomic mass is 9.95. The van der Waals surface area contributed by atoms with Crippen LogP contribution in [0.1, 0.15) is 64.2 Å². The highest BCUT2D eigenvalue weighted by Gasteiger charge is 2.42. The van der Waals surface area contributed by atoms with E-state index >= 15 is 0 Å². The molecular formula is C13H25BrN2Si. The molecule has 0 aromatic rings. The largest absolute Gasteiger partial charge is 0.290 e. The predicted molar refractivity (Wildman–Crippen MR) is 78.7 cm³/mol. The van der Waals surface area contributed by atoms with Crippen LogP contribution < -0.4 is 0 Å².